The Kier molecular flexibility index (Phi) is 6.79. The highest BCUT2D eigenvalue weighted by atomic mass is 32.2. The molecule has 0 spiro atoms. The fraction of sp³-hybridized carbons (Fsp3) is 0.200. The number of methoxy groups -OCH3 is 1. The van der Waals surface area contributed by atoms with Crippen LogP contribution in [-0.4, -0.2) is 28.1 Å². The van der Waals surface area contributed by atoms with Gasteiger partial charge in [-0.1, -0.05) is 23.8 Å². The number of esters is 1. The molecule has 0 amide bonds. The fourth-order valence-corrected chi connectivity index (χ4v) is 3.17. The third kappa shape index (κ3) is 5.11. The van der Waals surface area contributed by atoms with Crippen LogP contribution in [0.1, 0.15) is 18.1 Å². The first-order valence-electron chi connectivity index (χ1n) is 8.29. The summed E-state index contributed by atoms with van der Waals surface area (Å²) in [6.45, 7) is 3.62. The van der Waals surface area contributed by atoms with Crippen molar-refractivity contribution in [1.29, 1.82) is 5.26 Å². The van der Waals surface area contributed by atoms with Gasteiger partial charge in [0.05, 0.1) is 13.7 Å². The Morgan fingerprint density at radius 2 is 1.82 bits per heavy atom. The van der Waals surface area contributed by atoms with Gasteiger partial charge in [-0.05, 0) is 49.8 Å². The van der Waals surface area contributed by atoms with E-state index in [1.807, 2.05) is 6.92 Å². The summed E-state index contributed by atoms with van der Waals surface area (Å²) in [6, 6.07) is 12.3. The molecule has 0 saturated heterocycles. The summed E-state index contributed by atoms with van der Waals surface area (Å²) in [5.41, 5.74) is 1.17. The largest absolute Gasteiger partial charge is 0.493 e. The smallest absolute Gasteiger partial charge is 0.348 e. The lowest BCUT2D eigenvalue weighted by Gasteiger charge is -2.11. The van der Waals surface area contributed by atoms with Gasteiger partial charge < -0.3 is 13.7 Å². The first kappa shape index (κ1) is 21.0. The zero-order chi connectivity index (χ0) is 20.7. The van der Waals surface area contributed by atoms with Crippen LogP contribution in [-0.2, 0) is 19.6 Å². The number of hydrogen-bond donors (Lipinski definition) is 0. The van der Waals surface area contributed by atoms with Crippen LogP contribution in [0, 0.1) is 18.3 Å². The molecule has 0 heterocycles. The second-order valence-corrected chi connectivity index (χ2v) is 7.20. The molecule has 0 atom stereocenters. The number of benzene rings is 2. The lowest BCUT2D eigenvalue weighted by atomic mass is 10.1. The number of carbonyl (C=O) groups is 1. The van der Waals surface area contributed by atoms with Crippen molar-refractivity contribution in [2.75, 3.05) is 13.7 Å². The van der Waals surface area contributed by atoms with Crippen molar-refractivity contribution in [3.8, 4) is 17.6 Å². The third-order valence-corrected chi connectivity index (χ3v) is 4.87. The third-order valence-electron chi connectivity index (χ3n) is 3.62. The Morgan fingerprint density at radius 1 is 1.14 bits per heavy atom. The van der Waals surface area contributed by atoms with Gasteiger partial charge in [0.1, 0.15) is 16.5 Å². The van der Waals surface area contributed by atoms with Crippen molar-refractivity contribution in [3.63, 3.8) is 0 Å². The van der Waals surface area contributed by atoms with Gasteiger partial charge in [-0.2, -0.15) is 13.7 Å². The molecule has 0 aliphatic rings. The molecule has 0 radical (unpaired) electrons. The molecule has 0 bridgehead atoms. The van der Waals surface area contributed by atoms with E-state index in [1.165, 1.54) is 43.5 Å². The van der Waals surface area contributed by atoms with E-state index in [9.17, 15) is 13.2 Å². The van der Waals surface area contributed by atoms with Crippen LogP contribution < -0.4 is 8.92 Å². The van der Waals surface area contributed by atoms with E-state index < -0.39 is 16.1 Å². The van der Waals surface area contributed by atoms with E-state index in [0.717, 1.165) is 5.56 Å². The van der Waals surface area contributed by atoms with Crippen molar-refractivity contribution in [1.82, 2.24) is 0 Å². The molecule has 0 saturated carbocycles. The highest BCUT2D eigenvalue weighted by Crippen LogP contribution is 2.31. The summed E-state index contributed by atoms with van der Waals surface area (Å²) in [5, 5.41) is 9.11. The van der Waals surface area contributed by atoms with Gasteiger partial charge in [0.15, 0.2) is 11.5 Å². The topological polar surface area (TPSA) is 103 Å². The predicted octanol–water partition coefficient (Wildman–Crippen LogP) is 3.24. The van der Waals surface area contributed by atoms with Gasteiger partial charge in [-0.3, -0.25) is 0 Å². The zero-order valence-electron chi connectivity index (χ0n) is 15.6. The SMILES string of the molecule is CCOC(=O)/C(C#N)=C/c1ccc(OS(=O)(=O)c2ccc(C)cc2)c(OC)c1. The lowest BCUT2D eigenvalue weighted by Crippen LogP contribution is -2.10. The van der Waals surface area contributed by atoms with Crippen LogP contribution in [0.3, 0.4) is 0 Å². The number of ether oxygens (including phenoxy) is 2. The molecule has 2 aromatic carbocycles. The predicted molar refractivity (Wildman–Crippen MR) is 102 cm³/mol. The number of carbonyl (C=O) groups excluding carboxylic acids is 1. The van der Waals surface area contributed by atoms with Gasteiger partial charge >= 0.3 is 16.1 Å². The van der Waals surface area contributed by atoms with E-state index in [0.29, 0.717) is 5.56 Å². The quantitative estimate of drug-likeness (QED) is 0.304. The molecule has 0 aliphatic carbocycles. The van der Waals surface area contributed by atoms with Gasteiger partial charge in [-0.25, -0.2) is 4.79 Å². The first-order valence-corrected chi connectivity index (χ1v) is 9.69. The van der Waals surface area contributed by atoms with Crippen molar-refractivity contribution < 1.29 is 26.9 Å². The van der Waals surface area contributed by atoms with Crippen molar-refractivity contribution in [2.45, 2.75) is 18.7 Å². The van der Waals surface area contributed by atoms with Crippen LogP contribution >= 0.6 is 0 Å². The van der Waals surface area contributed by atoms with Gasteiger partial charge in [-0.15, -0.1) is 0 Å². The summed E-state index contributed by atoms with van der Waals surface area (Å²) < 4.78 is 40.1. The van der Waals surface area contributed by atoms with E-state index in [-0.39, 0.29) is 28.6 Å². The summed E-state index contributed by atoms with van der Waals surface area (Å²) in [6.07, 6.45) is 1.32. The van der Waals surface area contributed by atoms with Gasteiger partial charge in [0.25, 0.3) is 0 Å². The first-order chi connectivity index (χ1) is 13.3. The Labute approximate surface area is 163 Å². The number of rotatable bonds is 7. The van der Waals surface area contributed by atoms with Crippen molar-refractivity contribution >= 4 is 22.2 Å². The van der Waals surface area contributed by atoms with E-state index >= 15 is 0 Å². The molecule has 0 fully saturated rings. The van der Waals surface area contributed by atoms with Gasteiger partial charge in [0, 0.05) is 0 Å². The molecule has 28 heavy (non-hydrogen) atoms. The maximum absolute atomic E-state index is 12.5. The molecule has 146 valence electrons. The van der Waals surface area contributed by atoms with Gasteiger partial charge in [0.2, 0.25) is 0 Å². The minimum Gasteiger partial charge on any atom is -0.493 e. The summed E-state index contributed by atoms with van der Waals surface area (Å²) >= 11 is 0. The molecule has 0 aliphatic heterocycles. The second kappa shape index (κ2) is 9.06. The summed E-state index contributed by atoms with van der Waals surface area (Å²) in [7, 11) is -2.69. The highest BCUT2D eigenvalue weighted by molar-refractivity contribution is 7.87. The Bertz CT molecular complexity index is 1030. The van der Waals surface area contributed by atoms with E-state index in [1.54, 1.807) is 25.1 Å². The highest BCUT2D eigenvalue weighted by Gasteiger charge is 2.19. The second-order valence-electron chi connectivity index (χ2n) is 5.65. The molecular formula is C20H19NO6S. The minimum absolute atomic E-state index is 0.0122. The maximum Gasteiger partial charge on any atom is 0.348 e. The fourth-order valence-electron chi connectivity index (χ4n) is 2.23. The van der Waals surface area contributed by atoms with Crippen LogP contribution in [0.4, 0.5) is 0 Å². The molecule has 0 aromatic heterocycles. The molecule has 0 unspecified atom stereocenters. The molecule has 2 rings (SSSR count). The number of nitrogens with zero attached hydrogens (tertiary/aromatic N) is 1. The van der Waals surface area contributed by atoms with Crippen molar-refractivity contribution in [2.24, 2.45) is 0 Å². The summed E-state index contributed by atoms with van der Waals surface area (Å²) in [5.74, 6) is -0.633. The van der Waals surface area contributed by atoms with Crippen LogP contribution in [0.25, 0.3) is 6.08 Å². The number of aryl methyl sites for hydroxylation is 1. The molecule has 8 heteroatoms. The molecule has 2 aromatic rings. The average molecular weight is 401 g/mol. The van der Waals surface area contributed by atoms with Crippen molar-refractivity contribution in [3.05, 3.63) is 59.2 Å². The van der Waals surface area contributed by atoms with Crippen LogP contribution in [0.15, 0.2) is 52.9 Å². The number of nitriles is 1. The monoisotopic (exact) mass is 401 g/mol. The molecule has 0 N–H and O–H groups in total. The standard InChI is InChI=1S/C20H19NO6S/c1-4-26-20(22)16(13-21)11-15-7-10-18(19(12-15)25-3)27-28(23,24)17-8-5-14(2)6-9-17/h5-12H,4H2,1-3H3/b16-11+. The number of hydrogen-bond acceptors (Lipinski definition) is 7. The lowest BCUT2D eigenvalue weighted by molar-refractivity contribution is -0.137. The molecular weight excluding hydrogens is 382 g/mol. The zero-order valence-corrected chi connectivity index (χ0v) is 16.4. The van der Waals surface area contributed by atoms with Crippen LogP contribution in [0.5, 0.6) is 11.5 Å². The Morgan fingerprint density at radius 3 is 2.39 bits per heavy atom. The van der Waals surface area contributed by atoms with E-state index in [2.05, 4.69) is 0 Å². The van der Waals surface area contributed by atoms with Crippen LogP contribution in [0.2, 0.25) is 0 Å². The summed E-state index contributed by atoms with van der Waals surface area (Å²) in [4.78, 5) is 11.7. The Balaban J connectivity index is 2.34. The normalized spacial score (nSPS) is 11.4. The minimum atomic E-state index is -4.05. The average Bonchev–Trinajstić information content (AvgIpc) is 2.67. The maximum atomic E-state index is 12.5. The van der Waals surface area contributed by atoms with E-state index in [4.69, 9.17) is 18.9 Å². The molecule has 7 nitrogen and oxygen atoms in total. The Hall–Kier alpha value is -3.31.